The zero-order valence-corrected chi connectivity index (χ0v) is 11.8. The Morgan fingerprint density at radius 1 is 1.42 bits per heavy atom. The Morgan fingerprint density at radius 2 is 2.16 bits per heavy atom. The maximum atomic E-state index is 12.1. The van der Waals surface area contributed by atoms with Gasteiger partial charge in [-0.25, -0.2) is 9.59 Å². The molecule has 108 valence electrons. The van der Waals surface area contributed by atoms with Gasteiger partial charge in [0.05, 0.1) is 6.54 Å². The number of alkyl carbamates (subject to hydrolysis) is 1. The number of ether oxygens (including phenoxy) is 2. The molecule has 0 aromatic carbocycles. The molecule has 1 unspecified atom stereocenters. The molecule has 2 heterocycles. The molecular weight excluding hydrogens is 248 g/mol. The molecule has 0 saturated carbocycles. The predicted molar refractivity (Wildman–Crippen MR) is 68.9 cm³/mol. The first-order valence-corrected chi connectivity index (χ1v) is 6.75. The van der Waals surface area contributed by atoms with Gasteiger partial charge < -0.3 is 19.7 Å². The van der Waals surface area contributed by atoms with E-state index in [9.17, 15) is 9.59 Å². The fraction of sp³-hybridized carbons (Fsp3) is 0.846. The number of hydrogen-bond acceptors (Lipinski definition) is 4. The van der Waals surface area contributed by atoms with Gasteiger partial charge >= 0.3 is 12.2 Å². The summed E-state index contributed by atoms with van der Waals surface area (Å²) in [6.07, 6.45) is 1.64. The van der Waals surface area contributed by atoms with E-state index in [4.69, 9.17) is 9.47 Å². The monoisotopic (exact) mass is 270 g/mol. The Hall–Kier alpha value is -1.46. The summed E-state index contributed by atoms with van der Waals surface area (Å²) in [5.74, 6) is 0. The van der Waals surface area contributed by atoms with Crippen molar-refractivity contribution in [2.45, 2.75) is 51.2 Å². The summed E-state index contributed by atoms with van der Waals surface area (Å²) in [6.45, 7) is 7.21. The van der Waals surface area contributed by atoms with E-state index in [1.165, 1.54) is 0 Å². The highest BCUT2D eigenvalue weighted by Crippen LogP contribution is 2.31. The second kappa shape index (κ2) is 4.90. The van der Waals surface area contributed by atoms with Crippen LogP contribution in [0.2, 0.25) is 0 Å². The normalized spacial score (nSPS) is 27.7. The van der Waals surface area contributed by atoms with Crippen LogP contribution < -0.4 is 5.32 Å². The van der Waals surface area contributed by atoms with Crippen LogP contribution in [0, 0.1) is 0 Å². The molecule has 0 bridgehead atoms. The quantitative estimate of drug-likeness (QED) is 0.730. The van der Waals surface area contributed by atoms with Crippen molar-refractivity contribution in [3.8, 4) is 0 Å². The molecule has 0 aromatic heterocycles. The number of piperidine rings is 1. The molecule has 2 saturated heterocycles. The molecule has 2 aliphatic rings. The number of carbonyl (C=O) groups is 2. The predicted octanol–water partition coefficient (Wildman–Crippen LogP) is 1.89. The molecule has 0 aliphatic carbocycles. The maximum absolute atomic E-state index is 12.1. The molecule has 6 heteroatoms. The van der Waals surface area contributed by atoms with Gasteiger partial charge in [0.25, 0.3) is 0 Å². The topological polar surface area (TPSA) is 67.9 Å². The van der Waals surface area contributed by atoms with Crippen LogP contribution in [-0.2, 0) is 9.47 Å². The van der Waals surface area contributed by atoms with E-state index < -0.39 is 17.3 Å². The second-order valence-corrected chi connectivity index (χ2v) is 6.25. The van der Waals surface area contributed by atoms with E-state index in [2.05, 4.69) is 5.32 Å². The third kappa shape index (κ3) is 3.52. The first-order valence-electron chi connectivity index (χ1n) is 6.75. The van der Waals surface area contributed by atoms with Gasteiger partial charge in [0.15, 0.2) is 0 Å². The number of rotatable bonds is 0. The van der Waals surface area contributed by atoms with Gasteiger partial charge in [-0.1, -0.05) is 0 Å². The van der Waals surface area contributed by atoms with Gasteiger partial charge in [0.2, 0.25) is 0 Å². The van der Waals surface area contributed by atoms with Crippen LogP contribution in [0.5, 0.6) is 0 Å². The molecule has 2 aliphatic heterocycles. The van der Waals surface area contributed by atoms with Gasteiger partial charge in [0.1, 0.15) is 11.2 Å². The zero-order valence-electron chi connectivity index (χ0n) is 11.8. The number of hydrogen-bond donors (Lipinski definition) is 1. The van der Waals surface area contributed by atoms with E-state index in [1.807, 2.05) is 20.8 Å². The minimum Gasteiger partial charge on any atom is -0.444 e. The van der Waals surface area contributed by atoms with Crippen LogP contribution in [0.15, 0.2) is 0 Å². The molecule has 2 amide bonds. The summed E-state index contributed by atoms with van der Waals surface area (Å²) in [7, 11) is 0. The van der Waals surface area contributed by atoms with E-state index in [1.54, 1.807) is 4.90 Å². The van der Waals surface area contributed by atoms with Gasteiger partial charge in [-0.3, -0.25) is 0 Å². The standard InChI is InChI=1S/C13H22N2O4/c1-12(2,3)19-11(17)15-8-4-5-13(9-15)6-7-14-10(16)18-13/h4-9H2,1-3H3,(H,14,16). The van der Waals surface area contributed by atoms with Gasteiger partial charge in [-0.2, -0.15) is 0 Å². The molecule has 2 rings (SSSR count). The first-order chi connectivity index (χ1) is 8.80. The van der Waals surface area contributed by atoms with Crippen molar-refractivity contribution in [3.63, 3.8) is 0 Å². The van der Waals surface area contributed by atoms with Crippen LogP contribution in [0.3, 0.4) is 0 Å². The molecule has 1 N–H and O–H groups in total. The van der Waals surface area contributed by atoms with Crippen molar-refractivity contribution in [3.05, 3.63) is 0 Å². The summed E-state index contributed by atoms with van der Waals surface area (Å²) in [6, 6.07) is 0. The molecule has 0 radical (unpaired) electrons. The highest BCUT2D eigenvalue weighted by molar-refractivity contribution is 5.70. The Balaban J connectivity index is 2.00. The van der Waals surface area contributed by atoms with Crippen molar-refractivity contribution in [2.75, 3.05) is 19.6 Å². The van der Waals surface area contributed by atoms with Crippen LogP contribution in [0.4, 0.5) is 9.59 Å². The SMILES string of the molecule is CC(C)(C)OC(=O)N1CCCC2(CCNC(=O)O2)C1. The van der Waals surface area contributed by atoms with Crippen molar-refractivity contribution < 1.29 is 19.1 Å². The van der Waals surface area contributed by atoms with E-state index in [0.717, 1.165) is 19.3 Å². The van der Waals surface area contributed by atoms with E-state index in [0.29, 0.717) is 19.6 Å². The summed E-state index contributed by atoms with van der Waals surface area (Å²) in [5.41, 5.74) is -1.04. The minimum absolute atomic E-state index is 0.332. The lowest BCUT2D eigenvalue weighted by Gasteiger charge is -2.44. The van der Waals surface area contributed by atoms with Crippen LogP contribution in [0.1, 0.15) is 40.0 Å². The number of amides is 2. The highest BCUT2D eigenvalue weighted by Gasteiger charge is 2.43. The lowest BCUT2D eigenvalue weighted by Crippen LogP contribution is -2.57. The van der Waals surface area contributed by atoms with E-state index in [-0.39, 0.29) is 6.09 Å². The average molecular weight is 270 g/mol. The molecule has 1 spiro atoms. The summed E-state index contributed by atoms with van der Waals surface area (Å²) < 4.78 is 10.8. The molecular formula is C13H22N2O4. The number of likely N-dealkylation sites (tertiary alicyclic amines) is 1. The minimum atomic E-state index is -0.530. The molecule has 0 aromatic rings. The maximum Gasteiger partial charge on any atom is 0.410 e. The van der Waals surface area contributed by atoms with Gasteiger partial charge in [-0.15, -0.1) is 0 Å². The number of nitrogens with zero attached hydrogens (tertiary/aromatic N) is 1. The first kappa shape index (κ1) is 14.0. The number of carbonyl (C=O) groups excluding carboxylic acids is 2. The van der Waals surface area contributed by atoms with Crippen LogP contribution >= 0.6 is 0 Å². The van der Waals surface area contributed by atoms with E-state index >= 15 is 0 Å². The van der Waals surface area contributed by atoms with Crippen LogP contribution in [0.25, 0.3) is 0 Å². The van der Waals surface area contributed by atoms with Crippen LogP contribution in [-0.4, -0.2) is 47.9 Å². The highest BCUT2D eigenvalue weighted by atomic mass is 16.6. The zero-order chi connectivity index (χ0) is 14.1. The second-order valence-electron chi connectivity index (χ2n) is 6.25. The Kier molecular flexibility index (Phi) is 3.60. The fourth-order valence-electron chi connectivity index (χ4n) is 2.54. The average Bonchev–Trinajstić information content (AvgIpc) is 2.26. The lowest BCUT2D eigenvalue weighted by molar-refractivity contribution is -0.0659. The molecule has 19 heavy (non-hydrogen) atoms. The summed E-state index contributed by atoms with van der Waals surface area (Å²) in [4.78, 5) is 25.1. The molecule has 6 nitrogen and oxygen atoms in total. The lowest BCUT2D eigenvalue weighted by atomic mass is 9.88. The summed E-state index contributed by atoms with van der Waals surface area (Å²) in [5, 5.41) is 2.64. The van der Waals surface area contributed by atoms with Gasteiger partial charge in [-0.05, 0) is 33.6 Å². The van der Waals surface area contributed by atoms with Crippen molar-refractivity contribution in [1.82, 2.24) is 10.2 Å². The third-order valence-electron chi connectivity index (χ3n) is 3.35. The Morgan fingerprint density at radius 3 is 2.79 bits per heavy atom. The van der Waals surface area contributed by atoms with Crippen molar-refractivity contribution >= 4 is 12.2 Å². The fourth-order valence-corrected chi connectivity index (χ4v) is 2.54. The number of nitrogens with one attached hydrogen (secondary N) is 1. The Labute approximate surface area is 113 Å². The summed E-state index contributed by atoms with van der Waals surface area (Å²) >= 11 is 0. The smallest absolute Gasteiger partial charge is 0.410 e. The molecule has 1 atom stereocenters. The van der Waals surface area contributed by atoms with Crippen molar-refractivity contribution in [2.24, 2.45) is 0 Å². The van der Waals surface area contributed by atoms with Crippen molar-refractivity contribution in [1.29, 1.82) is 0 Å². The molecule has 2 fully saturated rings. The van der Waals surface area contributed by atoms with Gasteiger partial charge in [0, 0.05) is 19.5 Å². The largest absolute Gasteiger partial charge is 0.444 e. The third-order valence-corrected chi connectivity index (χ3v) is 3.35. The Bertz CT molecular complexity index is 373.